The molecule has 0 amide bonds. The Morgan fingerprint density at radius 3 is 2.46 bits per heavy atom. The fourth-order valence-corrected chi connectivity index (χ4v) is 2.65. The minimum Gasteiger partial charge on any atom is -0.481 e. The zero-order chi connectivity index (χ0) is 17.5. The smallest absolute Gasteiger partial charge is 0.338 e. The summed E-state index contributed by atoms with van der Waals surface area (Å²) in [5.41, 5.74) is 1.92. The van der Waals surface area contributed by atoms with Crippen molar-refractivity contribution in [1.29, 1.82) is 0 Å². The van der Waals surface area contributed by atoms with Crippen molar-refractivity contribution >= 4 is 29.2 Å². The van der Waals surface area contributed by atoms with E-state index in [2.05, 4.69) is 0 Å². The van der Waals surface area contributed by atoms with Gasteiger partial charge in [0.2, 0.25) is 0 Å². The van der Waals surface area contributed by atoms with Gasteiger partial charge in [0.1, 0.15) is 0 Å². The van der Waals surface area contributed by atoms with Gasteiger partial charge in [-0.2, -0.15) is 0 Å². The molecular weight excluding hydrogens is 330 g/mol. The summed E-state index contributed by atoms with van der Waals surface area (Å²) in [6.07, 6.45) is -0.0361. The molecule has 5 nitrogen and oxygen atoms in total. The van der Waals surface area contributed by atoms with Crippen LogP contribution in [0.4, 0.5) is 5.69 Å². The Kier molecular flexibility index (Phi) is 6.21. The van der Waals surface area contributed by atoms with Crippen LogP contribution in [0.3, 0.4) is 0 Å². The van der Waals surface area contributed by atoms with Crippen molar-refractivity contribution in [3.8, 4) is 0 Å². The summed E-state index contributed by atoms with van der Waals surface area (Å²) in [6.45, 7) is 0.622. The monoisotopic (exact) mass is 347 g/mol. The van der Waals surface area contributed by atoms with Crippen LogP contribution in [0.25, 0.3) is 0 Å². The van der Waals surface area contributed by atoms with Gasteiger partial charge in [-0.25, -0.2) is 4.79 Å². The van der Waals surface area contributed by atoms with Gasteiger partial charge in [0.05, 0.1) is 29.8 Å². The molecule has 24 heavy (non-hydrogen) atoms. The molecule has 0 fully saturated rings. The van der Waals surface area contributed by atoms with Gasteiger partial charge in [0, 0.05) is 13.1 Å². The number of hydrogen-bond donors (Lipinski definition) is 1. The predicted octanol–water partition coefficient (Wildman–Crippen LogP) is 3.61. The lowest BCUT2D eigenvalue weighted by Gasteiger charge is -2.26. The molecule has 0 radical (unpaired) electrons. The lowest BCUT2D eigenvalue weighted by molar-refractivity contribution is -0.136. The highest BCUT2D eigenvalue weighted by Gasteiger charge is 2.17. The van der Waals surface area contributed by atoms with Crippen LogP contribution in [0.5, 0.6) is 0 Å². The van der Waals surface area contributed by atoms with Gasteiger partial charge in [-0.05, 0) is 23.8 Å². The number of ether oxygens (including phenoxy) is 1. The van der Waals surface area contributed by atoms with E-state index >= 15 is 0 Å². The normalized spacial score (nSPS) is 10.2. The van der Waals surface area contributed by atoms with Crippen molar-refractivity contribution in [2.24, 2.45) is 0 Å². The number of rotatable bonds is 7. The van der Waals surface area contributed by atoms with E-state index in [0.29, 0.717) is 17.1 Å². The van der Waals surface area contributed by atoms with Gasteiger partial charge < -0.3 is 14.7 Å². The van der Waals surface area contributed by atoms with E-state index in [9.17, 15) is 9.59 Å². The first kappa shape index (κ1) is 17.8. The summed E-state index contributed by atoms with van der Waals surface area (Å²) >= 11 is 6.25. The summed E-state index contributed by atoms with van der Waals surface area (Å²) in [7, 11) is 1.33. The Bertz CT molecular complexity index is 732. The Hall–Kier alpha value is -2.53. The zero-order valence-corrected chi connectivity index (χ0v) is 14.0. The third-order valence-electron chi connectivity index (χ3n) is 3.57. The van der Waals surface area contributed by atoms with Crippen molar-refractivity contribution in [2.45, 2.75) is 13.0 Å². The molecule has 2 aromatic carbocycles. The highest BCUT2D eigenvalue weighted by atomic mass is 35.5. The summed E-state index contributed by atoms with van der Waals surface area (Å²) in [5.74, 6) is -1.32. The first-order valence-electron chi connectivity index (χ1n) is 7.40. The number of carbonyl (C=O) groups is 2. The number of hydrogen-bond acceptors (Lipinski definition) is 4. The van der Waals surface area contributed by atoms with Crippen LogP contribution < -0.4 is 4.90 Å². The van der Waals surface area contributed by atoms with E-state index in [1.807, 2.05) is 35.2 Å². The van der Waals surface area contributed by atoms with Crippen molar-refractivity contribution in [3.63, 3.8) is 0 Å². The van der Waals surface area contributed by atoms with Crippen LogP contribution in [0.15, 0.2) is 48.5 Å². The average molecular weight is 348 g/mol. The molecule has 2 rings (SSSR count). The van der Waals surface area contributed by atoms with Crippen LogP contribution in [0.2, 0.25) is 5.02 Å². The quantitative estimate of drug-likeness (QED) is 0.775. The summed E-state index contributed by atoms with van der Waals surface area (Å²) in [6, 6.07) is 14.3. The highest BCUT2D eigenvalue weighted by molar-refractivity contribution is 6.33. The molecule has 2 aromatic rings. The molecule has 126 valence electrons. The second kappa shape index (κ2) is 8.36. The van der Waals surface area contributed by atoms with Gasteiger partial charge in [-0.1, -0.05) is 41.9 Å². The summed E-state index contributed by atoms with van der Waals surface area (Å²) < 4.78 is 4.81. The lowest BCUT2D eigenvalue weighted by atomic mass is 10.1. The van der Waals surface area contributed by atoms with Crippen LogP contribution in [-0.4, -0.2) is 30.7 Å². The van der Waals surface area contributed by atoms with Crippen molar-refractivity contribution < 1.29 is 19.4 Å². The van der Waals surface area contributed by atoms with Crippen molar-refractivity contribution in [3.05, 3.63) is 64.7 Å². The minimum atomic E-state index is -0.895. The Morgan fingerprint density at radius 2 is 1.79 bits per heavy atom. The predicted molar refractivity (Wildman–Crippen MR) is 92.5 cm³/mol. The molecule has 0 saturated heterocycles. The number of methoxy groups -OCH3 is 1. The van der Waals surface area contributed by atoms with Gasteiger partial charge in [-0.15, -0.1) is 0 Å². The second-order valence-electron chi connectivity index (χ2n) is 5.17. The number of carboxylic acid groups (broad SMARTS) is 1. The number of carbonyl (C=O) groups excluding carboxylic acids is 1. The maximum Gasteiger partial charge on any atom is 0.338 e. The largest absolute Gasteiger partial charge is 0.481 e. The number of anilines is 1. The molecule has 0 saturated carbocycles. The fraction of sp³-hybridized carbons (Fsp3) is 0.222. The van der Waals surface area contributed by atoms with Gasteiger partial charge >= 0.3 is 11.9 Å². The Morgan fingerprint density at radius 1 is 1.12 bits per heavy atom. The average Bonchev–Trinajstić information content (AvgIpc) is 2.58. The number of aliphatic carboxylic acids is 1. The molecule has 0 atom stereocenters. The van der Waals surface area contributed by atoms with Gasteiger partial charge in [-0.3, -0.25) is 4.79 Å². The molecule has 6 heteroatoms. The summed E-state index contributed by atoms with van der Waals surface area (Å²) in [4.78, 5) is 24.7. The highest BCUT2D eigenvalue weighted by Crippen LogP contribution is 2.27. The molecule has 0 spiro atoms. The Labute approximate surface area is 145 Å². The van der Waals surface area contributed by atoms with Crippen LogP contribution >= 0.6 is 11.6 Å². The topological polar surface area (TPSA) is 66.8 Å². The van der Waals surface area contributed by atoms with Gasteiger partial charge in [0.15, 0.2) is 0 Å². The van der Waals surface area contributed by atoms with Crippen LogP contribution in [0.1, 0.15) is 22.3 Å². The van der Waals surface area contributed by atoms with E-state index in [0.717, 1.165) is 11.3 Å². The van der Waals surface area contributed by atoms with E-state index < -0.39 is 11.9 Å². The standard InChI is InChI=1S/C18H18ClNO4/c1-24-18(23)14-7-3-2-6-13(14)12-20(11-10-17(21)22)16-9-5-4-8-15(16)19/h2-9H,10-12H2,1H3,(H,21,22). The van der Waals surface area contributed by atoms with Crippen LogP contribution in [0, 0.1) is 0 Å². The minimum absolute atomic E-state index is 0.0361. The zero-order valence-electron chi connectivity index (χ0n) is 13.2. The molecule has 0 bridgehead atoms. The first-order chi connectivity index (χ1) is 11.5. The maximum absolute atomic E-state index is 11.9. The SMILES string of the molecule is COC(=O)c1ccccc1CN(CCC(=O)O)c1ccccc1Cl. The fourth-order valence-electron chi connectivity index (χ4n) is 2.40. The number of halogens is 1. The number of esters is 1. The number of para-hydroxylation sites is 1. The molecule has 0 aliphatic carbocycles. The summed E-state index contributed by atoms with van der Waals surface area (Å²) in [5, 5.41) is 9.52. The van der Waals surface area contributed by atoms with Crippen molar-refractivity contribution in [2.75, 3.05) is 18.6 Å². The first-order valence-corrected chi connectivity index (χ1v) is 7.78. The van der Waals surface area contributed by atoms with E-state index in [4.69, 9.17) is 21.4 Å². The Balaban J connectivity index is 2.34. The number of carboxylic acids is 1. The van der Waals surface area contributed by atoms with Crippen LogP contribution in [-0.2, 0) is 16.1 Å². The number of nitrogens with zero attached hydrogens (tertiary/aromatic N) is 1. The maximum atomic E-state index is 11.9. The van der Waals surface area contributed by atoms with Gasteiger partial charge in [0.25, 0.3) is 0 Å². The number of benzene rings is 2. The van der Waals surface area contributed by atoms with E-state index in [1.165, 1.54) is 7.11 Å². The third kappa shape index (κ3) is 4.49. The molecule has 0 heterocycles. The molecule has 0 aliphatic heterocycles. The van der Waals surface area contributed by atoms with Crippen molar-refractivity contribution in [1.82, 2.24) is 0 Å². The molecule has 0 aromatic heterocycles. The molecule has 0 aliphatic rings. The molecule has 0 unspecified atom stereocenters. The molecular formula is C18H18ClNO4. The molecule has 1 N–H and O–H groups in total. The third-order valence-corrected chi connectivity index (χ3v) is 3.89. The second-order valence-corrected chi connectivity index (χ2v) is 5.57. The van der Waals surface area contributed by atoms with E-state index in [1.54, 1.807) is 18.2 Å². The lowest BCUT2D eigenvalue weighted by Crippen LogP contribution is -2.27. The van der Waals surface area contributed by atoms with E-state index in [-0.39, 0.29) is 13.0 Å².